The van der Waals surface area contributed by atoms with Crippen molar-refractivity contribution >= 4 is 35.6 Å². The number of methoxy groups -OCH3 is 1. The molecule has 0 aromatic heterocycles. The van der Waals surface area contributed by atoms with Gasteiger partial charge in [0.2, 0.25) is 0 Å². The van der Waals surface area contributed by atoms with Gasteiger partial charge in [-0.1, -0.05) is 35.9 Å². The van der Waals surface area contributed by atoms with Crippen molar-refractivity contribution in [2.75, 3.05) is 7.11 Å². The Labute approximate surface area is 210 Å². The van der Waals surface area contributed by atoms with Gasteiger partial charge in [-0.05, 0) is 59.2 Å². The smallest absolute Gasteiger partial charge is 0.335 e. The van der Waals surface area contributed by atoms with Crippen molar-refractivity contribution in [3.63, 3.8) is 0 Å². The van der Waals surface area contributed by atoms with Crippen LogP contribution in [0.5, 0.6) is 11.5 Å². The molecule has 3 aromatic rings. The molecule has 2 N–H and O–H groups in total. The maximum atomic E-state index is 13.1. The Morgan fingerprint density at radius 1 is 1.08 bits per heavy atom. The second kappa shape index (κ2) is 10.5. The molecule has 4 rings (SSSR count). The van der Waals surface area contributed by atoms with Gasteiger partial charge in [-0.3, -0.25) is 9.69 Å². The predicted molar refractivity (Wildman–Crippen MR) is 129 cm³/mol. The molecule has 36 heavy (non-hydrogen) atoms. The summed E-state index contributed by atoms with van der Waals surface area (Å²) in [6.07, 6.45) is 1.47. The minimum atomic E-state index is -1.02. The first-order valence-corrected chi connectivity index (χ1v) is 11.0. The highest BCUT2D eigenvalue weighted by Crippen LogP contribution is 2.37. The van der Waals surface area contributed by atoms with Crippen molar-refractivity contribution in [1.29, 1.82) is 0 Å². The Kier molecular flexibility index (Phi) is 7.21. The summed E-state index contributed by atoms with van der Waals surface area (Å²) in [6.45, 7) is 0.107. The minimum Gasteiger partial charge on any atom is -0.493 e. The highest BCUT2D eigenvalue weighted by molar-refractivity contribution is 6.32. The normalized spacial score (nSPS) is 14.2. The lowest BCUT2D eigenvalue weighted by Gasteiger charge is -2.14. The molecule has 8 nitrogen and oxygen atoms in total. The molecule has 1 aliphatic rings. The standard InChI is InChI=1S/C26H20ClFN2O6/c1-35-22-12-17(10-20(27)23(22)36-14-16-2-6-18(7-3-16)25(32)33)11-21-24(31)30(26(34)29-21)13-15-4-8-19(28)9-5-15/h2-12H,13-14H2,1H3,(H,29,34)(H,32,33)/b21-11+. The Hall–Kier alpha value is -4.37. The Balaban J connectivity index is 1.50. The molecule has 3 amide bonds. The van der Waals surface area contributed by atoms with E-state index in [0.29, 0.717) is 16.9 Å². The zero-order valence-corrected chi connectivity index (χ0v) is 19.7. The van der Waals surface area contributed by atoms with Crippen molar-refractivity contribution in [2.45, 2.75) is 13.2 Å². The molecule has 0 saturated carbocycles. The number of aromatic carboxylic acids is 1. The molecule has 0 aliphatic carbocycles. The number of carboxylic acid groups (broad SMARTS) is 1. The van der Waals surface area contributed by atoms with Gasteiger partial charge in [0.25, 0.3) is 5.91 Å². The number of carbonyl (C=O) groups excluding carboxylic acids is 2. The van der Waals surface area contributed by atoms with Crippen LogP contribution in [0, 0.1) is 5.82 Å². The number of nitrogens with zero attached hydrogens (tertiary/aromatic N) is 1. The van der Waals surface area contributed by atoms with E-state index in [1.165, 1.54) is 49.6 Å². The van der Waals surface area contributed by atoms with E-state index >= 15 is 0 Å². The van der Waals surface area contributed by atoms with Crippen LogP contribution in [0.15, 0.2) is 66.4 Å². The lowest BCUT2D eigenvalue weighted by Crippen LogP contribution is -2.30. The summed E-state index contributed by atoms with van der Waals surface area (Å²) in [5, 5.41) is 11.8. The van der Waals surface area contributed by atoms with Crippen molar-refractivity contribution in [3.8, 4) is 11.5 Å². The number of benzene rings is 3. The van der Waals surface area contributed by atoms with Crippen LogP contribution in [0.2, 0.25) is 5.02 Å². The summed E-state index contributed by atoms with van der Waals surface area (Å²) in [5.41, 5.74) is 2.03. The molecule has 0 atom stereocenters. The van der Waals surface area contributed by atoms with Gasteiger partial charge in [-0.2, -0.15) is 0 Å². The Bertz CT molecular complexity index is 1360. The van der Waals surface area contributed by atoms with Crippen LogP contribution in [-0.2, 0) is 17.9 Å². The van der Waals surface area contributed by atoms with Crippen molar-refractivity contribution in [2.24, 2.45) is 0 Å². The third kappa shape index (κ3) is 5.47. The van der Waals surface area contributed by atoms with Crippen LogP contribution in [0.4, 0.5) is 9.18 Å². The lowest BCUT2D eigenvalue weighted by atomic mass is 10.1. The van der Waals surface area contributed by atoms with Gasteiger partial charge in [0.05, 0.1) is 24.2 Å². The number of hydrogen-bond acceptors (Lipinski definition) is 5. The molecule has 3 aromatic carbocycles. The maximum Gasteiger partial charge on any atom is 0.335 e. The maximum absolute atomic E-state index is 13.1. The largest absolute Gasteiger partial charge is 0.493 e. The summed E-state index contributed by atoms with van der Waals surface area (Å²) < 4.78 is 24.3. The summed E-state index contributed by atoms with van der Waals surface area (Å²) in [4.78, 5) is 37.2. The zero-order chi connectivity index (χ0) is 25.8. The van der Waals surface area contributed by atoms with Gasteiger partial charge in [0.15, 0.2) is 11.5 Å². The fourth-order valence-corrected chi connectivity index (χ4v) is 3.79. The molecule has 184 valence electrons. The van der Waals surface area contributed by atoms with E-state index in [0.717, 1.165) is 10.5 Å². The fourth-order valence-electron chi connectivity index (χ4n) is 3.52. The van der Waals surface area contributed by atoms with Crippen LogP contribution in [0.25, 0.3) is 6.08 Å². The number of rotatable bonds is 8. The molecular weight excluding hydrogens is 491 g/mol. The second-order valence-electron chi connectivity index (χ2n) is 7.83. The van der Waals surface area contributed by atoms with E-state index in [9.17, 15) is 18.8 Å². The number of halogens is 2. The molecule has 1 saturated heterocycles. The summed E-state index contributed by atoms with van der Waals surface area (Å²) in [7, 11) is 1.43. The first-order chi connectivity index (χ1) is 17.2. The van der Waals surface area contributed by atoms with Crippen LogP contribution < -0.4 is 14.8 Å². The van der Waals surface area contributed by atoms with E-state index in [1.54, 1.807) is 24.3 Å². The number of carbonyl (C=O) groups is 3. The highest BCUT2D eigenvalue weighted by Gasteiger charge is 2.33. The average Bonchev–Trinajstić information content (AvgIpc) is 3.11. The second-order valence-corrected chi connectivity index (χ2v) is 8.24. The average molecular weight is 511 g/mol. The van der Waals surface area contributed by atoms with E-state index in [1.807, 2.05) is 0 Å². The van der Waals surface area contributed by atoms with Gasteiger partial charge < -0.3 is 19.9 Å². The highest BCUT2D eigenvalue weighted by atomic mass is 35.5. The van der Waals surface area contributed by atoms with Crippen LogP contribution in [0.1, 0.15) is 27.0 Å². The quantitative estimate of drug-likeness (QED) is 0.331. The van der Waals surface area contributed by atoms with E-state index in [-0.39, 0.29) is 35.2 Å². The third-order valence-corrected chi connectivity index (χ3v) is 5.64. The number of urea groups is 1. The molecule has 10 heteroatoms. The summed E-state index contributed by atoms with van der Waals surface area (Å²) in [5.74, 6) is -1.40. The Morgan fingerprint density at radius 3 is 2.39 bits per heavy atom. The number of nitrogens with one attached hydrogen (secondary N) is 1. The van der Waals surface area contributed by atoms with Crippen molar-refractivity contribution in [3.05, 3.63) is 99.5 Å². The minimum absolute atomic E-state index is 0.00736. The van der Waals surface area contributed by atoms with Crippen molar-refractivity contribution in [1.82, 2.24) is 10.2 Å². The van der Waals surface area contributed by atoms with Gasteiger partial charge >= 0.3 is 12.0 Å². The van der Waals surface area contributed by atoms with Crippen molar-refractivity contribution < 1.29 is 33.4 Å². The fraction of sp³-hybridized carbons (Fsp3) is 0.115. The van der Waals surface area contributed by atoms with Gasteiger partial charge in [-0.15, -0.1) is 0 Å². The van der Waals surface area contributed by atoms with E-state index < -0.39 is 23.7 Å². The number of amides is 3. The van der Waals surface area contributed by atoms with E-state index in [2.05, 4.69) is 5.32 Å². The van der Waals surface area contributed by atoms with Gasteiger partial charge in [0.1, 0.15) is 18.1 Å². The SMILES string of the molecule is COc1cc(/C=C2/NC(=O)N(Cc3ccc(F)cc3)C2=O)cc(Cl)c1OCc1ccc(C(=O)O)cc1. The van der Waals surface area contributed by atoms with Crippen LogP contribution in [0.3, 0.4) is 0 Å². The predicted octanol–water partition coefficient (Wildman–Crippen LogP) is 4.86. The molecule has 0 spiro atoms. The van der Waals surface area contributed by atoms with Gasteiger partial charge in [-0.25, -0.2) is 14.0 Å². The number of ether oxygens (including phenoxy) is 2. The first-order valence-electron chi connectivity index (χ1n) is 10.7. The molecule has 0 radical (unpaired) electrons. The summed E-state index contributed by atoms with van der Waals surface area (Å²) in [6, 6.07) is 14.3. The van der Waals surface area contributed by atoms with Crippen LogP contribution in [-0.4, -0.2) is 35.0 Å². The monoisotopic (exact) mass is 510 g/mol. The zero-order valence-electron chi connectivity index (χ0n) is 19.0. The first kappa shape index (κ1) is 24.7. The molecule has 0 unspecified atom stereocenters. The number of carboxylic acids is 1. The van der Waals surface area contributed by atoms with Crippen LogP contribution >= 0.6 is 11.6 Å². The van der Waals surface area contributed by atoms with E-state index in [4.69, 9.17) is 26.2 Å². The third-order valence-electron chi connectivity index (χ3n) is 5.36. The number of hydrogen-bond donors (Lipinski definition) is 2. The molecular formula is C26H20ClFN2O6. The molecule has 1 fully saturated rings. The van der Waals surface area contributed by atoms with Gasteiger partial charge in [0, 0.05) is 0 Å². The Morgan fingerprint density at radius 2 is 1.75 bits per heavy atom. The summed E-state index contributed by atoms with van der Waals surface area (Å²) >= 11 is 6.42. The molecule has 1 heterocycles. The molecule has 1 aliphatic heterocycles. The lowest BCUT2D eigenvalue weighted by molar-refractivity contribution is -0.123. The molecule has 0 bridgehead atoms. The number of imide groups is 1. The topological polar surface area (TPSA) is 105 Å².